The molecule has 1 unspecified atom stereocenters. The number of carbonyl (C=O) groups is 1. The van der Waals surface area contributed by atoms with Crippen LogP contribution in [0, 0.1) is 5.92 Å². The highest BCUT2D eigenvalue weighted by Gasteiger charge is 2.05. The van der Waals surface area contributed by atoms with Crippen molar-refractivity contribution in [2.24, 2.45) is 11.7 Å². The lowest BCUT2D eigenvalue weighted by atomic mass is 10.1. The summed E-state index contributed by atoms with van der Waals surface area (Å²) in [6, 6.07) is 0. The summed E-state index contributed by atoms with van der Waals surface area (Å²) in [6.45, 7) is 6.21. The third-order valence-corrected chi connectivity index (χ3v) is 1.31. The van der Waals surface area contributed by atoms with Gasteiger partial charge >= 0.3 is 0 Å². The van der Waals surface area contributed by atoms with Crippen LogP contribution in [0.1, 0.15) is 27.2 Å². The fourth-order valence-corrected chi connectivity index (χ4v) is 0.956. The first-order valence-corrected chi connectivity index (χ1v) is 3.92. The van der Waals surface area contributed by atoms with Gasteiger partial charge in [0.05, 0.1) is 6.10 Å². The predicted octanol–water partition coefficient (Wildman–Crippen LogP) is 0.923. The smallest absolute Gasteiger partial charge is 0.243 e. The monoisotopic (exact) mass is 159 g/mol. The van der Waals surface area contributed by atoms with Gasteiger partial charge in [-0.15, -0.1) is 0 Å². The van der Waals surface area contributed by atoms with Crippen molar-refractivity contribution in [3.05, 3.63) is 0 Å². The third kappa shape index (κ3) is 7.33. The van der Waals surface area contributed by atoms with Crippen molar-refractivity contribution in [3.63, 3.8) is 0 Å². The van der Waals surface area contributed by atoms with Crippen molar-refractivity contribution in [2.75, 3.05) is 6.61 Å². The summed E-state index contributed by atoms with van der Waals surface area (Å²) >= 11 is 0. The van der Waals surface area contributed by atoms with Crippen LogP contribution in [0.5, 0.6) is 0 Å². The molecule has 11 heavy (non-hydrogen) atoms. The SMILES string of the molecule is CC(C)CC(C)OCC(N)=O. The van der Waals surface area contributed by atoms with E-state index in [-0.39, 0.29) is 12.7 Å². The van der Waals surface area contributed by atoms with Crippen molar-refractivity contribution in [2.45, 2.75) is 33.3 Å². The zero-order valence-corrected chi connectivity index (χ0v) is 7.46. The van der Waals surface area contributed by atoms with Gasteiger partial charge in [0.25, 0.3) is 0 Å². The van der Waals surface area contributed by atoms with E-state index >= 15 is 0 Å². The first-order chi connectivity index (χ1) is 5.02. The van der Waals surface area contributed by atoms with Crippen LogP contribution in [0.3, 0.4) is 0 Å². The van der Waals surface area contributed by atoms with E-state index in [0.717, 1.165) is 6.42 Å². The Bertz CT molecular complexity index is 123. The molecule has 0 rings (SSSR count). The molecule has 0 aromatic rings. The molecule has 0 aliphatic heterocycles. The lowest BCUT2D eigenvalue weighted by Gasteiger charge is -2.13. The van der Waals surface area contributed by atoms with Crippen molar-refractivity contribution in [3.8, 4) is 0 Å². The molecule has 0 aliphatic rings. The Balaban J connectivity index is 3.37. The molecule has 0 saturated heterocycles. The second-order valence-electron chi connectivity index (χ2n) is 3.22. The maximum absolute atomic E-state index is 10.3. The molecule has 0 aromatic carbocycles. The molecule has 3 heteroatoms. The summed E-state index contributed by atoms with van der Waals surface area (Å²) < 4.78 is 5.14. The summed E-state index contributed by atoms with van der Waals surface area (Å²) in [5, 5.41) is 0. The number of primary amides is 1. The molecule has 66 valence electrons. The van der Waals surface area contributed by atoms with Gasteiger partial charge in [-0.3, -0.25) is 4.79 Å². The van der Waals surface area contributed by atoms with Crippen molar-refractivity contribution in [1.82, 2.24) is 0 Å². The van der Waals surface area contributed by atoms with Crippen LogP contribution >= 0.6 is 0 Å². The number of hydrogen-bond donors (Lipinski definition) is 1. The Labute approximate surface area is 67.9 Å². The van der Waals surface area contributed by atoms with Gasteiger partial charge in [-0.1, -0.05) is 13.8 Å². The van der Waals surface area contributed by atoms with Crippen LogP contribution in [-0.2, 0) is 9.53 Å². The first-order valence-electron chi connectivity index (χ1n) is 3.92. The standard InChI is InChI=1S/C8H17NO2/c1-6(2)4-7(3)11-5-8(9)10/h6-7H,4-5H2,1-3H3,(H2,9,10). The zero-order valence-electron chi connectivity index (χ0n) is 7.46. The summed E-state index contributed by atoms with van der Waals surface area (Å²) in [7, 11) is 0. The number of hydrogen-bond acceptors (Lipinski definition) is 2. The minimum Gasteiger partial charge on any atom is -0.369 e. The van der Waals surface area contributed by atoms with Crippen molar-refractivity contribution < 1.29 is 9.53 Å². The topological polar surface area (TPSA) is 52.3 Å². The molecule has 1 atom stereocenters. The predicted molar refractivity (Wildman–Crippen MR) is 44.1 cm³/mol. The maximum atomic E-state index is 10.3. The minimum atomic E-state index is -0.402. The molecule has 0 bridgehead atoms. The summed E-state index contributed by atoms with van der Waals surface area (Å²) in [5.41, 5.74) is 4.91. The Morgan fingerprint density at radius 2 is 2.00 bits per heavy atom. The van der Waals surface area contributed by atoms with Crippen molar-refractivity contribution >= 4 is 5.91 Å². The average Bonchev–Trinajstić information content (AvgIpc) is 1.82. The molecule has 3 nitrogen and oxygen atoms in total. The highest BCUT2D eigenvalue weighted by atomic mass is 16.5. The normalized spacial score (nSPS) is 13.5. The fraction of sp³-hybridized carbons (Fsp3) is 0.875. The molecule has 2 N–H and O–H groups in total. The Morgan fingerprint density at radius 1 is 1.45 bits per heavy atom. The van der Waals surface area contributed by atoms with Gasteiger partial charge in [-0.05, 0) is 19.3 Å². The van der Waals surface area contributed by atoms with Crippen LogP contribution in [0.2, 0.25) is 0 Å². The number of ether oxygens (including phenoxy) is 1. The summed E-state index contributed by atoms with van der Waals surface area (Å²) in [6.07, 6.45) is 1.09. The summed E-state index contributed by atoms with van der Waals surface area (Å²) in [5.74, 6) is 0.193. The van der Waals surface area contributed by atoms with Gasteiger partial charge in [-0.25, -0.2) is 0 Å². The highest BCUT2D eigenvalue weighted by molar-refractivity contribution is 5.74. The number of rotatable bonds is 5. The Kier molecular flexibility index (Phi) is 4.86. The van der Waals surface area contributed by atoms with E-state index in [1.807, 2.05) is 6.92 Å². The van der Waals surface area contributed by atoms with Crippen molar-refractivity contribution in [1.29, 1.82) is 0 Å². The molecule has 0 aromatic heterocycles. The van der Waals surface area contributed by atoms with E-state index in [1.54, 1.807) is 0 Å². The Morgan fingerprint density at radius 3 is 2.36 bits per heavy atom. The lowest BCUT2D eigenvalue weighted by Crippen LogP contribution is -2.22. The van der Waals surface area contributed by atoms with Gasteiger partial charge in [0.1, 0.15) is 6.61 Å². The number of carbonyl (C=O) groups excluding carboxylic acids is 1. The van der Waals surface area contributed by atoms with Gasteiger partial charge in [0, 0.05) is 0 Å². The van der Waals surface area contributed by atoms with E-state index in [9.17, 15) is 4.79 Å². The Hall–Kier alpha value is -0.570. The van der Waals surface area contributed by atoms with E-state index in [4.69, 9.17) is 10.5 Å². The number of amides is 1. The first kappa shape index (κ1) is 10.4. The molecule has 0 aliphatic carbocycles. The second kappa shape index (κ2) is 5.13. The molecule has 0 saturated carbocycles. The maximum Gasteiger partial charge on any atom is 0.243 e. The largest absolute Gasteiger partial charge is 0.369 e. The van der Waals surface area contributed by atoms with E-state index in [2.05, 4.69) is 13.8 Å². The van der Waals surface area contributed by atoms with Gasteiger partial charge in [-0.2, -0.15) is 0 Å². The van der Waals surface area contributed by atoms with Crippen LogP contribution in [0.4, 0.5) is 0 Å². The zero-order chi connectivity index (χ0) is 8.85. The lowest BCUT2D eigenvalue weighted by molar-refractivity contribution is -0.124. The van der Waals surface area contributed by atoms with Gasteiger partial charge in [0.2, 0.25) is 5.91 Å². The molecule has 1 amide bonds. The van der Waals surface area contributed by atoms with E-state index in [1.165, 1.54) is 0 Å². The van der Waals surface area contributed by atoms with Crippen LogP contribution < -0.4 is 5.73 Å². The number of nitrogens with two attached hydrogens (primary N) is 1. The molecule has 0 fully saturated rings. The second-order valence-corrected chi connectivity index (χ2v) is 3.22. The molecular formula is C8H17NO2. The third-order valence-electron chi connectivity index (χ3n) is 1.31. The fourth-order valence-electron chi connectivity index (χ4n) is 0.956. The van der Waals surface area contributed by atoms with Crippen LogP contribution in [-0.4, -0.2) is 18.6 Å². The minimum absolute atomic E-state index is 0.0356. The van der Waals surface area contributed by atoms with E-state index < -0.39 is 5.91 Å². The molecular weight excluding hydrogens is 142 g/mol. The van der Waals surface area contributed by atoms with Crippen LogP contribution in [0.25, 0.3) is 0 Å². The molecule has 0 heterocycles. The quantitative estimate of drug-likeness (QED) is 0.648. The van der Waals surface area contributed by atoms with Crippen LogP contribution in [0.15, 0.2) is 0 Å². The average molecular weight is 159 g/mol. The van der Waals surface area contributed by atoms with Gasteiger partial charge < -0.3 is 10.5 Å². The summed E-state index contributed by atoms with van der Waals surface area (Å²) in [4.78, 5) is 10.3. The molecule has 0 radical (unpaired) electrons. The highest BCUT2D eigenvalue weighted by Crippen LogP contribution is 2.06. The van der Waals surface area contributed by atoms with Gasteiger partial charge in [0.15, 0.2) is 0 Å². The van der Waals surface area contributed by atoms with E-state index in [0.29, 0.717) is 5.92 Å². The molecule has 0 spiro atoms.